The van der Waals surface area contributed by atoms with E-state index in [1.54, 1.807) is 17.1 Å². The van der Waals surface area contributed by atoms with Gasteiger partial charge < -0.3 is 9.80 Å². The van der Waals surface area contributed by atoms with E-state index in [0.717, 1.165) is 33.3 Å². The van der Waals surface area contributed by atoms with Gasteiger partial charge in [0.2, 0.25) is 5.91 Å². The van der Waals surface area contributed by atoms with Gasteiger partial charge in [0.15, 0.2) is 5.82 Å². The fraction of sp³-hybridized carbons (Fsp3) is 0.321. The van der Waals surface area contributed by atoms with Gasteiger partial charge in [-0.05, 0) is 51.0 Å². The van der Waals surface area contributed by atoms with Crippen LogP contribution < -0.4 is 4.90 Å². The predicted molar refractivity (Wildman–Crippen MR) is 144 cm³/mol. The number of rotatable bonds is 3. The van der Waals surface area contributed by atoms with Gasteiger partial charge in [-0.15, -0.1) is 0 Å². The van der Waals surface area contributed by atoms with Gasteiger partial charge in [-0.25, -0.2) is 4.39 Å². The zero-order valence-electron chi connectivity index (χ0n) is 21.1. The molecule has 0 saturated carbocycles. The van der Waals surface area contributed by atoms with Crippen molar-refractivity contribution in [2.45, 2.75) is 39.8 Å². The van der Waals surface area contributed by atoms with Crippen LogP contribution in [0.3, 0.4) is 0 Å². The molecule has 0 aliphatic carbocycles. The predicted octanol–water partition coefficient (Wildman–Crippen LogP) is 5.81. The lowest BCUT2D eigenvalue weighted by molar-refractivity contribution is -0.128. The van der Waals surface area contributed by atoms with Gasteiger partial charge >= 0.3 is 0 Å². The first-order valence-corrected chi connectivity index (χ1v) is 12.4. The summed E-state index contributed by atoms with van der Waals surface area (Å²) in [6, 6.07) is 5.76. The topological polar surface area (TPSA) is 54.3 Å². The Morgan fingerprint density at radius 3 is 2.61 bits per heavy atom. The maximum atomic E-state index is 16.4. The lowest BCUT2D eigenvalue weighted by atomic mass is 9.94. The highest BCUT2D eigenvalue weighted by Crippen LogP contribution is 2.43. The Bertz CT molecular complexity index is 1540. The Morgan fingerprint density at radius 1 is 1.14 bits per heavy atom. The van der Waals surface area contributed by atoms with Gasteiger partial charge in [0.25, 0.3) is 0 Å². The highest BCUT2D eigenvalue weighted by atomic mass is 35.5. The summed E-state index contributed by atoms with van der Waals surface area (Å²) in [5, 5.41) is 6.27. The number of benzene rings is 2. The van der Waals surface area contributed by atoms with Crippen LogP contribution in [-0.4, -0.2) is 50.7 Å². The van der Waals surface area contributed by atoms with E-state index in [2.05, 4.69) is 28.5 Å². The van der Waals surface area contributed by atoms with Crippen molar-refractivity contribution < 1.29 is 9.18 Å². The van der Waals surface area contributed by atoms with E-state index in [1.807, 2.05) is 50.9 Å². The summed E-state index contributed by atoms with van der Waals surface area (Å²) < 4.78 is 18.1. The SMILES string of the molecule is C=CC(=O)N1C[C@H](C)N(c2c(C)cnc3c(F)c(-c4c(C)ccc5cnn(C)c45)c(Cl)cc23)C[C@H]1C. The molecular weight excluding hydrogens is 477 g/mol. The van der Waals surface area contributed by atoms with Crippen LogP contribution in [-0.2, 0) is 11.8 Å². The van der Waals surface area contributed by atoms with E-state index in [9.17, 15) is 4.79 Å². The molecule has 8 heteroatoms. The first-order valence-electron chi connectivity index (χ1n) is 12.0. The molecule has 36 heavy (non-hydrogen) atoms. The molecule has 2 atom stereocenters. The summed E-state index contributed by atoms with van der Waals surface area (Å²) in [6.07, 6.45) is 4.84. The molecule has 0 radical (unpaired) electrons. The third-order valence-electron chi connectivity index (χ3n) is 7.30. The van der Waals surface area contributed by atoms with Crippen molar-refractivity contribution >= 4 is 45.0 Å². The molecule has 3 heterocycles. The molecule has 186 valence electrons. The number of fused-ring (bicyclic) bond motifs is 2. The van der Waals surface area contributed by atoms with Gasteiger partial charge in [0, 0.05) is 60.3 Å². The Hall–Kier alpha value is -3.45. The number of carbonyl (C=O) groups is 1. The molecule has 4 aromatic rings. The van der Waals surface area contributed by atoms with Crippen molar-refractivity contribution in [1.82, 2.24) is 19.7 Å². The molecule has 1 aliphatic rings. The van der Waals surface area contributed by atoms with Crippen LogP contribution in [0.1, 0.15) is 25.0 Å². The fourth-order valence-electron chi connectivity index (χ4n) is 5.51. The van der Waals surface area contributed by atoms with E-state index in [4.69, 9.17) is 11.6 Å². The summed E-state index contributed by atoms with van der Waals surface area (Å²) in [5.74, 6) is -0.527. The molecule has 2 aromatic carbocycles. The molecule has 0 N–H and O–H groups in total. The molecule has 0 bridgehead atoms. The standard InChI is InChI=1S/C28H29ClFN5O/c1-7-22(36)34-13-18(5)35(14-17(34)4)27-16(3)11-31-26-20(27)10-21(29)24(25(26)30)23-15(2)8-9-19-12-32-33(6)28(19)23/h7-12,17-18H,1,13-14H2,2-6H3/t17-,18+/m1/s1. The van der Waals surface area contributed by atoms with Gasteiger partial charge in [-0.2, -0.15) is 5.10 Å². The maximum Gasteiger partial charge on any atom is 0.246 e. The van der Waals surface area contributed by atoms with Crippen LogP contribution in [0.15, 0.2) is 43.2 Å². The average molecular weight is 506 g/mol. The Morgan fingerprint density at radius 2 is 1.89 bits per heavy atom. The highest BCUT2D eigenvalue weighted by molar-refractivity contribution is 6.35. The monoisotopic (exact) mass is 505 g/mol. The Labute approximate surface area is 215 Å². The number of nitrogens with zero attached hydrogens (tertiary/aromatic N) is 5. The van der Waals surface area contributed by atoms with Gasteiger partial charge in [-0.1, -0.05) is 30.3 Å². The fourth-order valence-corrected chi connectivity index (χ4v) is 5.79. The van der Waals surface area contributed by atoms with Crippen LogP contribution in [0.25, 0.3) is 32.9 Å². The van der Waals surface area contributed by atoms with E-state index in [0.29, 0.717) is 29.1 Å². The van der Waals surface area contributed by atoms with Gasteiger partial charge in [0.1, 0.15) is 5.52 Å². The second-order valence-corrected chi connectivity index (χ2v) is 10.1. The molecule has 1 aliphatic heterocycles. The second kappa shape index (κ2) is 8.89. The van der Waals surface area contributed by atoms with Crippen LogP contribution in [0.2, 0.25) is 5.02 Å². The molecule has 1 saturated heterocycles. The van der Waals surface area contributed by atoms with Crippen molar-refractivity contribution in [3.8, 4) is 11.1 Å². The van der Waals surface area contributed by atoms with E-state index < -0.39 is 5.82 Å². The minimum absolute atomic E-state index is 0.0151. The lowest BCUT2D eigenvalue weighted by Crippen LogP contribution is -2.58. The van der Waals surface area contributed by atoms with E-state index >= 15 is 4.39 Å². The molecule has 0 spiro atoms. The van der Waals surface area contributed by atoms with Gasteiger partial charge in [-0.3, -0.25) is 14.5 Å². The molecule has 5 rings (SSSR count). The first kappa shape index (κ1) is 24.3. The number of hydrogen-bond donors (Lipinski definition) is 0. The van der Waals surface area contributed by atoms with Crippen molar-refractivity contribution in [3.63, 3.8) is 0 Å². The minimum Gasteiger partial charge on any atom is -0.364 e. The number of aryl methyl sites for hydroxylation is 3. The summed E-state index contributed by atoms with van der Waals surface area (Å²) in [6.45, 7) is 12.8. The quantitative estimate of drug-likeness (QED) is 0.330. The minimum atomic E-state index is -0.447. The van der Waals surface area contributed by atoms with Crippen molar-refractivity contribution in [2.24, 2.45) is 7.05 Å². The Kier molecular flexibility index (Phi) is 5.99. The van der Waals surface area contributed by atoms with E-state index in [1.165, 1.54) is 6.08 Å². The number of anilines is 1. The highest BCUT2D eigenvalue weighted by Gasteiger charge is 2.33. The molecule has 0 unspecified atom stereocenters. The summed E-state index contributed by atoms with van der Waals surface area (Å²) in [4.78, 5) is 20.9. The molecule has 1 amide bonds. The first-order chi connectivity index (χ1) is 17.1. The number of pyridine rings is 1. The van der Waals surface area contributed by atoms with Crippen LogP contribution in [0.4, 0.5) is 10.1 Å². The third-order valence-corrected chi connectivity index (χ3v) is 7.60. The number of amides is 1. The van der Waals surface area contributed by atoms with Crippen molar-refractivity contribution in [3.05, 3.63) is 65.2 Å². The largest absolute Gasteiger partial charge is 0.364 e. The van der Waals surface area contributed by atoms with Crippen LogP contribution in [0.5, 0.6) is 0 Å². The number of piperazine rings is 1. The number of halogens is 2. The van der Waals surface area contributed by atoms with Crippen LogP contribution in [0, 0.1) is 19.7 Å². The maximum absolute atomic E-state index is 16.4. The molecule has 2 aromatic heterocycles. The summed E-state index contributed by atoms with van der Waals surface area (Å²) in [7, 11) is 1.84. The number of hydrogen-bond acceptors (Lipinski definition) is 4. The van der Waals surface area contributed by atoms with Crippen molar-refractivity contribution in [1.29, 1.82) is 0 Å². The lowest BCUT2D eigenvalue weighted by Gasteiger charge is -2.45. The normalized spacial score (nSPS) is 18.3. The van der Waals surface area contributed by atoms with Crippen molar-refractivity contribution in [2.75, 3.05) is 18.0 Å². The smallest absolute Gasteiger partial charge is 0.246 e. The zero-order chi connectivity index (χ0) is 25.9. The second-order valence-electron chi connectivity index (χ2n) is 9.74. The number of carbonyl (C=O) groups excluding carboxylic acids is 1. The van der Waals surface area contributed by atoms with Gasteiger partial charge in [0.05, 0.1) is 22.4 Å². The summed E-state index contributed by atoms with van der Waals surface area (Å²) in [5.41, 5.74) is 4.89. The molecule has 6 nitrogen and oxygen atoms in total. The zero-order valence-corrected chi connectivity index (χ0v) is 21.9. The third kappa shape index (κ3) is 3.64. The molecular formula is C28H29ClFN5O. The Balaban J connectivity index is 1.71. The summed E-state index contributed by atoms with van der Waals surface area (Å²) >= 11 is 6.87. The van der Waals surface area contributed by atoms with Crippen LogP contribution >= 0.6 is 11.6 Å². The number of aromatic nitrogens is 3. The molecule has 1 fully saturated rings. The average Bonchev–Trinajstić information content (AvgIpc) is 3.22. The van der Waals surface area contributed by atoms with E-state index in [-0.39, 0.29) is 23.5 Å².